The second kappa shape index (κ2) is 12.2. The zero-order chi connectivity index (χ0) is 16.4. The number of alkyl halides is 3. The number of nitrogens with one attached hydrogen (secondary N) is 2. The SMILES string of the molecule is CCNC(=NCCC1CCN(CC)CC1)NCCC(F)(F)F.I. The van der Waals surface area contributed by atoms with Crippen LogP contribution in [0.1, 0.15) is 39.5 Å². The lowest BCUT2D eigenvalue weighted by atomic mass is 9.94. The summed E-state index contributed by atoms with van der Waals surface area (Å²) in [7, 11) is 0. The van der Waals surface area contributed by atoms with Crippen molar-refractivity contribution in [1.29, 1.82) is 0 Å². The second-order valence-electron chi connectivity index (χ2n) is 5.72. The summed E-state index contributed by atoms with van der Waals surface area (Å²) in [6.07, 6.45) is -1.57. The summed E-state index contributed by atoms with van der Waals surface area (Å²) in [5.74, 6) is 1.17. The van der Waals surface area contributed by atoms with E-state index < -0.39 is 12.6 Å². The molecule has 0 atom stereocenters. The standard InChI is InChI=1S/C15H29F3N4.HI/c1-3-19-14(21-10-8-15(16,17)18)20-9-5-13-6-11-22(4-2)12-7-13;/h13H,3-12H2,1-2H3,(H2,19,20,21);1H. The highest BCUT2D eigenvalue weighted by molar-refractivity contribution is 14.0. The van der Waals surface area contributed by atoms with Crippen LogP contribution >= 0.6 is 24.0 Å². The Hall–Kier alpha value is -0.250. The van der Waals surface area contributed by atoms with Crippen molar-refractivity contribution in [3.05, 3.63) is 0 Å². The number of piperidine rings is 1. The number of likely N-dealkylation sites (tertiary alicyclic amines) is 1. The van der Waals surface area contributed by atoms with Gasteiger partial charge in [0, 0.05) is 19.6 Å². The van der Waals surface area contributed by atoms with Crippen LogP contribution in [-0.4, -0.2) is 56.3 Å². The highest BCUT2D eigenvalue weighted by atomic mass is 127. The molecule has 0 aromatic carbocycles. The van der Waals surface area contributed by atoms with Crippen molar-refractivity contribution in [3.8, 4) is 0 Å². The van der Waals surface area contributed by atoms with E-state index >= 15 is 0 Å². The van der Waals surface area contributed by atoms with Crippen LogP contribution in [-0.2, 0) is 0 Å². The summed E-state index contributed by atoms with van der Waals surface area (Å²) >= 11 is 0. The smallest absolute Gasteiger partial charge is 0.357 e. The summed E-state index contributed by atoms with van der Waals surface area (Å²) in [6, 6.07) is 0. The van der Waals surface area contributed by atoms with Gasteiger partial charge in [0.1, 0.15) is 0 Å². The molecule has 138 valence electrons. The third-order valence-electron chi connectivity index (χ3n) is 4.01. The molecule has 8 heteroatoms. The maximum Gasteiger partial charge on any atom is 0.390 e. The molecule has 0 radical (unpaired) electrons. The Balaban J connectivity index is 0.00000484. The Morgan fingerprint density at radius 3 is 2.35 bits per heavy atom. The van der Waals surface area contributed by atoms with Gasteiger partial charge >= 0.3 is 6.18 Å². The van der Waals surface area contributed by atoms with Crippen LogP contribution in [0.3, 0.4) is 0 Å². The number of aliphatic imine (C=N–C) groups is 1. The lowest BCUT2D eigenvalue weighted by Gasteiger charge is -2.30. The van der Waals surface area contributed by atoms with Crippen LogP contribution < -0.4 is 10.6 Å². The zero-order valence-electron chi connectivity index (χ0n) is 14.1. The highest BCUT2D eigenvalue weighted by Gasteiger charge is 2.26. The van der Waals surface area contributed by atoms with Gasteiger partial charge < -0.3 is 15.5 Å². The van der Waals surface area contributed by atoms with E-state index in [-0.39, 0.29) is 30.5 Å². The molecule has 0 saturated carbocycles. The van der Waals surface area contributed by atoms with E-state index in [1.165, 1.54) is 12.8 Å². The number of halogens is 4. The molecule has 1 rings (SSSR count). The number of guanidine groups is 1. The van der Waals surface area contributed by atoms with Gasteiger partial charge in [-0.05, 0) is 51.7 Å². The average Bonchev–Trinajstić information content (AvgIpc) is 2.46. The van der Waals surface area contributed by atoms with E-state index in [1.807, 2.05) is 6.92 Å². The van der Waals surface area contributed by atoms with Crippen LogP contribution in [0.2, 0.25) is 0 Å². The van der Waals surface area contributed by atoms with Gasteiger partial charge in [-0.2, -0.15) is 13.2 Å². The molecule has 1 heterocycles. The van der Waals surface area contributed by atoms with E-state index in [0.717, 1.165) is 26.1 Å². The molecule has 1 aliphatic heterocycles. The minimum Gasteiger partial charge on any atom is -0.357 e. The van der Waals surface area contributed by atoms with Crippen LogP contribution in [0, 0.1) is 5.92 Å². The molecular weight excluding hydrogens is 420 g/mol. The maximum absolute atomic E-state index is 12.1. The molecule has 0 aromatic rings. The fourth-order valence-corrected chi connectivity index (χ4v) is 2.61. The fraction of sp³-hybridized carbons (Fsp3) is 0.933. The first-order chi connectivity index (χ1) is 10.4. The Morgan fingerprint density at radius 2 is 1.83 bits per heavy atom. The summed E-state index contributed by atoms with van der Waals surface area (Å²) in [6.45, 7) is 8.67. The fourth-order valence-electron chi connectivity index (χ4n) is 2.61. The Labute approximate surface area is 154 Å². The largest absolute Gasteiger partial charge is 0.390 e. The van der Waals surface area contributed by atoms with Crippen LogP contribution in [0.25, 0.3) is 0 Å². The van der Waals surface area contributed by atoms with E-state index in [4.69, 9.17) is 0 Å². The van der Waals surface area contributed by atoms with E-state index in [9.17, 15) is 13.2 Å². The lowest BCUT2D eigenvalue weighted by Crippen LogP contribution is -2.39. The second-order valence-corrected chi connectivity index (χ2v) is 5.72. The van der Waals surface area contributed by atoms with Crippen molar-refractivity contribution < 1.29 is 13.2 Å². The summed E-state index contributed by atoms with van der Waals surface area (Å²) in [4.78, 5) is 6.83. The van der Waals surface area contributed by atoms with Gasteiger partial charge in [0.15, 0.2) is 5.96 Å². The van der Waals surface area contributed by atoms with Gasteiger partial charge in [-0.3, -0.25) is 4.99 Å². The molecule has 0 unspecified atom stereocenters. The van der Waals surface area contributed by atoms with Crippen LogP contribution in [0.15, 0.2) is 4.99 Å². The average molecular weight is 450 g/mol. The molecule has 4 nitrogen and oxygen atoms in total. The van der Waals surface area contributed by atoms with Crippen molar-refractivity contribution in [2.45, 2.75) is 45.7 Å². The molecule has 1 saturated heterocycles. The van der Waals surface area contributed by atoms with Gasteiger partial charge in [-0.25, -0.2) is 0 Å². The third-order valence-corrected chi connectivity index (χ3v) is 4.01. The monoisotopic (exact) mass is 450 g/mol. The summed E-state index contributed by atoms with van der Waals surface area (Å²) < 4.78 is 36.4. The van der Waals surface area contributed by atoms with Gasteiger partial charge in [0.25, 0.3) is 0 Å². The molecule has 1 aliphatic rings. The van der Waals surface area contributed by atoms with E-state index in [1.54, 1.807) is 0 Å². The van der Waals surface area contributed by atoms with Crippen molar-refractivity contribution in [1.82, 2.24) is 15.5 Å². The van der Waals surface area contributed by atoms with E-state index in [2.05, 4.69) is 27.4 Å². The minimum absolute atomic E-state index is 0. The number of rotatable bonds is 7. The molecule has 0 amide bonds. The Bertz CT molecular complexity index is 329. The summed E-state index contributed by atoms with van der Waals surface area (Å²) in [5, 5.41) is 5.73. The van der Waals surface area contributed by atoms with E-state index in [0.29, 0.717) is 25.0 Å². The molecule has 0 aliphatic carbocycles. The molecule has 1 fully saturated rings. The topological polar surface area (TPSA) is 39.7 Å². The van der Waals surface area contributed by atoms with Crippen molar-refractivity contribution in [2.75, 3.05) is 39.3 Å². The Kier molecular flexibility index (Phi) is 12.0. The normalized spacial score (nSPS) is 17.7. The minimum atomic E-state index is -4.13. The molecule has 2 N–H and O–H groups in total. The van der Waals surface area contributed by atoms with Crippen LogP contribution in [0.5, 0.6) is 0 Å². The quantitative estimate of drug-likeness (QED) is 0.356. The van der Waals surface area contributed by atoms with Crippen molar-refractivity contribution in [2.24, 2.45) is 10.9 Å². The highest BCUT2D eigenvalue weighted by Crippen LogP contribution is 2.20. The predicted molar refractivity (Wildman–Crippen MR) is 99.5 cm³/mol. The summed E-state index contributed by atoms with van der Waals surface area (Å²) in [5.41, 5.74) is 0. The van der Waals surface area contributed by atoms with Gasteiger partial charge in [-0.1, -0.05) is 6.92 Å². The Morgan fingerprint density at radius 1 is 1.17 bits per heavy atom. The first-order valence-corrected chi connectivity index (χ1v) is 8.26. The number of hydrogen-bond donors (Lipinski definition) is 2. The zero-order valence-corrected chi connectivity index (χ0v) is 16.4. The predicted octanol–water partition coefficient (Wildman–Crippen LogP) is 3.23. The maximum atomic E-state index is 12.1. The molecule has 23 heavy (non-hydrogen) atoms. The van der Waals surface area contributed by atoms with Gasteiger partial charge in [0.05, 0.1) is 6.42 Å². The first kappa shape index (κ1) is 22.8. The van der Waals surface area contributed by atoms with Gasteiger partial charge in [0.2, 0.25) is 0 Å². The molecule has 0 bridgehead atoms. The molecular formula is C15H30F3IN4. The molecule has 0 aromatic heterocycles. The first-order valence-electron chi connectivity index (χ1n) is 8.26. The van der Waals surface area contributed by atoms with Gasteiger partial charge in [-0.15, -0.1) is 24.0 Å². The van der Waals surface area contributed by atoms with Crippen LogP contribution in [0.4, 0.5) is 13.2 Å². The molecule has 0 spiro atoms. The van der Waals surface area contributed by atoms with Crippen molar-refractivity contribution in [3.63, 3.8) is 0 Å². The number of nitrogens with zero attached hydrogens (tertiary/aromatic N) is 2. The number of hydrogen-bond acceptors (Lipinski definition) is 2. The van der Waals surface area contributed by atoms with Crippen molar-refractivity contribution >= 4 is 29.9 Å². The third kappa shape index (κ3) is 11.0. The lowest BCUT2D eigenvalue weighted by molar-refractivity contribution is -0.132.